The molecule has 0 amide bonds. The molecule has 0 unspecified atom stereocenters. The topological polar surface area (TPSA) is 59.1 Å². The summed E-state index contributed by atoms with van der Waals surface area (Å²) in [5.74, 6) is 3.50. The molecule has 0 spiro atoms. The van der Waals surface area contributed by atoms with Crippen molar-refractivity contribution < 1.29 is 4.74 Å². The van der Waals surface area contributed by atoms with E-state index in [4.69, 9.17) is 9.72 Å². The molecule has 0 radical (unpaired) electrons. The fourth-order valence-corrected chi connectivity index (χ4v) is 2.69. The van der Waals surface area contributed by atoms with Gasteiger partial charge in [0.2, 0.25) is 0 Å². The maximum Gasteiger partial charge on any atom is 0.136 e. The highest BCUT2D eigenvalue weighted by Crippen LogP contribution is 2.40. The largest absolute Gasteiger partial charge is 0.378 e. The molecule has 2 aliphatic rings. The minimum Gasteiger partial charge on any atom is -0.378 e. The summed E-state index contributed by atoms with van der Waals surface area (Å²) in [5, 5.41) is 6.74. The molecule has 2 saturated carbocycles. The zero-order chi connectivity index (χ0) is 14.1. The van der Waals surface area contributed by atoms with Gasteiger partial charge in [-0.1, -0.05) is 0 Å². The third-order valence-corrected chi connectivity index (χ3v) is 4.18. The number of rotatable bonds is 6. The van der Waals surface area contributed by atoms with Crippen molar-refractivity contribution in [2.24, 2.45) is 0 Å². The molecular weight excluding hydrogens is 252 g/mol. The Balaban J connectivity index is 1.70. The molecule has 3 rings (SSSR count). The first-order valence-corrected chi connectivity index (χ1v) is 7.65. The van der Waals surface area contributed by atoms with Gasteiger partial charge in [0.25, 0.3) is 0 Å². The van der Waals surface area contributed by atoms with Crippen molar-refractivity contribution in [1.82, 2.24) is 9.97 Å². The van der Waals surface area contributed by atoms with Gasteiger partial charge in [0.15, 0.2) is 0 Å². The molecule has 20 heavy (non-hydrogen) atoms. The van der Waals surface area contributed by atoms with Gasteiger partial charge in [-0.25, -0.2) is 9.97 Å². The average molecular weight is 276 g/mol. The molecule has 0 bridgehead atoms. The SMILES string of the molecule is CCOC1CC(Nc2nc(C3CC3)nc(NC)c2C)C1. The number of aromatic nitrogens is 2. The second-order valence-corrected chi connectivity index (χ2v) is 5.82. The standard InChI is InChI=1S/C15H24N4O/c1-4-20-12-7-11(8-12)17-14-9(2)13(16-3)18-15(19-14)10-5-6-10/h10-12H,4-8H2,1-3H3,(H2,16,17,18,19). The molecule has 2 N–H and O–H groups in total. The number of ether oxygens (including phenoxy) is 1. The third kappa shape index (κ3) is 2.73. The Morgan fingerprint density at radius 3 is 2.50 bits per heavy atom. The monoisotopic (exact) mass is 276 g/mol. The van der Waals surface area contributed by atoms with Gasteiger partial charge in [0.05, 0.1) is 6.10 Å². The van der Waals surface area contributed by atoms with Gasteiger partial charge in [-0.3, -0.25) is 0 Å². The van der Waals surface area contributed by atoms with Crippen LogP contribution in [-0.4, -0.2) is 35.8 Å². The summed E-state index contributed by atoms with van der Waals surface area (Å²) in [5.41, 5.74) is 1.11. The molecule has 1 aromatic heterocycles. The summed E-state index contributed by atoms with van der Waals surface area (Å²) >= 11 is 0. The van der Waals surface area contributed by atoms with E-state index in [2.05, 4.69) is 29.5 Å². The Hall–Kier alpha value is -1.36. The van der Waals surface area contributed by atoms with Gasteiger partial charge < -0.3 is 15.4 Å². The Morgan fingerprint density at radius 1 is 1.20 bits per heavy atom. The van der Waals surface area contributed by atoms with Crippen molar-refractivity contribution in [3.63, 3.8) is 0 Å². The molecule has 2 aliphatic carbocycles. The van der Waals surface area contributed by atoms with Crippen molar-refractivity contribution in [3.8, 4) is 0 Å². The van der Waals surface area contributed by atoms with Crippen LogP contribution < -0.4 is 10.6 Å². The molecule has 110 valence electrons. The molecule has 0 atom stereocenters. The molecule has 1 heterocycles. The molecule has 5 heteroatoms. The first-order valence-electron chi connectivity index (χ1n) is 7.65. The van der Waals surface area contributed by atoms with Gasteiger partial charge in [0, 0.05) is 31.2 Å². The lowest BCUT2D eigenvalue weighted by atomic mass is 9.89. The van der Waals surface area contributed by atoms with Crippen molar-refractivity contribution >= 4 is 11.6 Å². The summed E-state index contributed by atoms with van der Waals surface area (Å²) in [7, 11) is 1.92. The molecular formula is C15H24N4O. The summed E-state index contributed by atoms with van der Waals surface area (Å²) < 4.78 is 5.61. The van der Waals surface area contributed by atoms with E-state index in [1.807, 2.05) is 7.05 Å². The van der Waals surface area contributed by atoms with Crippen molar-refractivity contribution in [2.75, 3.05) is 24.3 Å². The van der Waals surface area contributed by atoms with Gasteiger partial charge in [0.1, 0.15) is 17.5 Å². The van der Waals surface area contributed by atoms with E-state index in [0.29, 0.717) is 18.1 Å². The fraction of sp³-hybridized carbons (Fsp3) is 0.733. The van der Waals surface area contributed by atoms with Crippen LogP contribution in [0.1, 0.15) is 49.9 Å². The highest BCUT2D eigenvalue weighted by atomic mass is 16.5. The molecule has 0 aliphatic heterocycles. The van der Waals surface area contributed by atoms with Gasteiger partial charge in [-0.05, 0) is 39.5 Å². The van der Waals surface area contributed by atoms with Crippen molar-refractivity contribution in [3.05, 3.63) is 11.4 Å². The van der Waals surface area contributed by atoms with Gasteiger partial charge in [-0.2, -0.15) is 0 Å². The minimum absolute atomic E-state index is 0.423. The highest BCUT2D eigenvalue weighted by molar-refractivity contribution is 5.58. The van der Waals surface area contributed by atoms with E-state index in [0.717, 1.165) is 42.5 Å². The van der Waals surface area contributed by atoms with Crippen LogP contribution in [0, 0.1) is 6.92 Å². The molecule has 0 saturated heterocycles. The Kier molecular flexibility index (Phi) is 3.78. The van der Waals surface area contributed by atoms with Crippen LogP contribution >= 0.6 is 0 Å². The summed E-state index contributed by atoms with van der Waals surface area (Å²) in [4.78, 5) is 9.35. The van der Waals surface area contributed by atoms with E-state index in [1.54, 1.807) is 0 Å². The van der Waals surface area contributed by atoms with Gasteiger partial charge >= 0.3 is 0 Å². The molecule has 2 fully saturated rings. The van der Waals surface area contributed by atoms with Crippen LogP contribution in [0.2, 0.25) is 0 Å². The van der Waals surface area contributed by atoms with E-state index in [1.165, 1.54) is 12.8 Å². The second kappa shape index (κ2) is 5.56. The quantitative estimate of drug-likeness (QED) is 0.836. The normalized spacial score (nSPS) is 25.1. The maximum atomic E-state index is 5.61. The zero-order valence-corrected chi connectivity index (χ0v) is 12.6. The lowest BCUT2D eigenvalue weighted by molar-refractivity contribution is 0.00291. The third-order valence-electron chi connectivity index (χ3n) is 4.18. The predicted octanol–water partition coefficient (Wildman–Crippen LogP) is 2.68. The Morgan fingerprint density at radius 2 is 1.90 bits per heavy atom. The predicted molar refractivity (Wildman–Crippen MR) is 80.3 cm³/mol. The fourth-order valence-electron chi connectivity index (χ4n) is 2.69. The number of hydrogen-bond acceptors (Lipinski definition) is 5. The summed E-state index contributed by atoms with van der Waals surface area (Å²) in [6.45, 7) is 4.93. The highest BCUT2D eigenvalue weighted by Gasteiger charge is 2.32. The number of nitrogens with one attached hydrogen (secondary N) is 2. The maximum absolute atomic E-state index is 5.61. The molecule has 1 aromatic rings. The minimum atomic E-state index is 0.423. The smallest absolute Gasteiger partial charge is 0.136 e. The Labute approximate surface area is 120 Å². The number of anilines is 2. The van der Waals surface area contributed by atoms with Crippen molar-refractivity contribution in [1.29, 1.82) is 0 Å². The summed E-state index contributed by atoms with van der Waals surface area (Å²) in [6.07, 6.45) is 5.02. The second-order valence-electron chi connectivity index (χ2n) is 5.82. The van der Waals surface area contributed by atoms with Crippen LogP contribution in [0.4, 0.5) is 11.6 Å². The molecule has 5 nitrogen and oxygen atoms in total. The van der Waals surface area contributed by atoms with Crippen LogP contribution in [0.5, 0.6) is 0 Å². The average Bonchev–Trinajstić information content (AvgIpc) is 3.22. The van der Waals surface area contributed by atoms with E-state index in [-0.39, 0.29) is 0 Å². The van der Waals surface area contributed by atoms with Crippen LogP contribution in [0.3, 0.4) is 0 Å². The number of nitrogens with zero attached hydrogens (tertiary/aromatic N) is 2. The van der Waals surface area contributed by atoms with E-state index >= 15 is 0 Å². The Bertz CT molecular complexity index is 481. The zero-order valence-electron chi connectivity index (χ0n) is 12.6. The first kappa shape index (κ1) is 13.6. The first-order chi connectivity index (χ1) is 9.71. The summed E-state index contributed by atoms with van der Waals surface area (Å²) in [6, 6.07) is 0.483. The van der Waals surface area contributed by atoms with Crippen LogP contribution in [0.15, 0.2) is 0 Å². The lowest BCUT2D eigenvalue weighted by Gasteiger charge is -2.36. The van der Waals surface area contributed by atoms with E-state index < -0.39 is 0 Å². The lowest BCUT2D eigenvalue weighted by Crippen LogP contribution is -2.41. The van der Waals surface area contributed by atoms with Crippen LogP contribution in [-0.2, 0) is 4.74 Å². The number of hydrogen-bond donors (Lipinski definition) is 2. The van der Waals surface area contributed by atoms with Crippen LogP contribution in [0.25, 0.3) is 0 Å². The van der Waals surface area contributed by atoms with Crippen molar-refractivity contribution in [2.45, 2.75) is 57.6 Å². The van der Waals surface area contributed by atoms with E-state index in [9.17, 15) is 0 Å². The molecule has 0 aromatic carbocycles. The van der Waals surface area contributed by atoms with Gasteiger partial charge in [-0.15, -0.1) is 0 Å².